The lowest BCUT2D eigenvalue weighted by Crippen LogP contribution is -2.02. The molecule has 0 unspecified atom stereocenters. The van der Waals surface area contributed by atoms with E-state index in [2.05, 4.69) is 0 Å². The van der Waals surface area contributed by atoms with Gasteiger partial charge >= 0.3 is 0 Å². The van der Waals surface area contributed by atoms with Gasteiger partial charge < -0.3 is 0 Å². The second-order valence-corrected chi connectivity index (χ2v) is 3.07. The summed E-state index contributed by atoms with van der Waals surface area (Å²) in [6.45, 7) is 0. The minimum atomic E-state index is -0.653. The molecule has 0 aromatic heterocycles. The Bertz CT molecular complexity index is 389. The smallest absolute Gasteiger partial charge is 0.147 e. The van der Waals surface area contributed by atoms with Gasteiger partial charge in [-0.15, -0.1) is 0 Å². The van der Waals surface area contributed by atoms with Gasteiger partial charge in [-0.25, -0.2) is 8.78 Å². The zero-order valence-electron chi connectivity index (χ0n) is 7.96. The molecule has 0 spiro atoms. The minimum absolute atomic E-state index is 0.000972. The number of carbonyl (C=O) groups excluding carboxylic acids is 1. The molecule has 78 valence electrons. The molecule has 0 N–H and O–H groups in total. The number of nitrogens with zero attached hydrogens (tertiary/aromatic N) is 1. The molecular formula is C11H9F2NO. The quantitative estimate of drug-likeness (QED) is 0.763. The molecule has 0 saturated carbocycles. The Hall–Kier alpha value is -1.76. The predicted octanol–water partition coefficient (Wildman–Crippen LogP) is 2.38. The van der Waals surface area contributed by atoms with E-state index < -0.39 is 11.6 Å². The maximum absolute atomic E-state index is 13.1. The molecule has 0 aliphatic heterocycles. The average Bonchev–Trinajstić information content (AvgIpc) is 2.17. The molecule has 0 heterocycles. The summed E-state index contributed by atoms with van der Waals surface area (Å²) in [7, 11) is 0. The highest BCUT2D eigenvalue weighted by atomic mass is 19.1. The van der Waals surface area contributed by atoms with Gasteiger partial charge in [0.15, 0.2) is 0 Å². The van der Waals surface area contributed by atoms with Crippen LogP contribution in [0.3, 0.4) is 0 Å². The van der Waals surface area contributed by atoms with Crippen molar-refractivity contribution in [3.05, 3.63) is 35.4 Å². The zero-order chi connectivity index (χ0) is 11.3. The van der Waals surface area contributed by atoms with Crippen molar-refractivity contribution >= 4 is 5.78 Å². The number of Topliss-reactive ketones (excluding diaryl/α,β-unsaturated/α-hetero) is 1. The van der Waals surface area contributed by atoms with Crippen molar-refractivity contribution in [3.63, 3.8) is 0 Å². The van der Waals surface area contributed by atoms with Gasteiger partial charge in [0.05, 0.1) is 12.5 Å². The molecule has 4 heteroatoms. The number of rotatable bonds is 4. The molecule has 0 saturated heterocycles. The van der Waals surface area contributed by atoms with Crippen LogP contribution in [0, 0.1) is 23.0 Å². The van der Waals surface area contributed by atoms with E-state index in [0.29, 0.717) is 0 Å². The lowest BCUT2D eigenvalue weighted by Gasteiger charge is -2.02. The van der Waals surface area contributed by atoms with Gasteiger partial charge in [0.25, 0.3) is 0 Å². The van der Waals surface area contributed by atoms with Gasteiger partial charge in [-0.2, -0.15) is 5.26 Å². The third kappa shape index (κ3) is 3.13. The summed E-state index contributed by atoms with van der Waals surface area (Å²) in [6, 6.07) is 5.26. The first-order chi connectivity index (χ1) is 7.15. The van der Waals surface area contributed by atoms with Crippen molar-refractivity contribution in [2.75, 3.05) is 0 Å². The number of benzene rings is 1. The minimum Gasteiger partial charge on any atom is -0.299 e. The number of ketones is 1. The van der Waals surface area contributed by atoms with Gasteiger partial charge in [-0.05, 0) is 18.6 Å². The van der Waals surface area contributed by atoms with E-state index in [9.17, 15) is 13.6 Å². The Labute approximate surface area is 86.1 Å². The lowest BCUT2D eigenvalue weighted by molar-refractivity contribution is -0.118. The highest BCUT2D eigenvalue weighted by Gasteiger charge is 2.10. The highest BCUT2D eigenvalue weighted by Crippen LogP contribution is 2.14. The predicted molar refractivity (Wildman–Crippen MR) is 49.9 cm³/mol. The number of carbonyl (C=O) groups is 1. The molecule has 2 nitrogen and oxygen atoms in total. The number of hydrogen-bond donors (Lipinski definition) is 0. The molecule has 1 aromatic rings. The van der Waals surface area contributed by atoms with Crippen molar-refractivity contribution < 1.29 is 13.6 Å². The van der Waals surface area contributed by atoms with Crippen molar-refractivity contribution in [1.29, 1.82) is 5.26 Å². The van der Waals surface area contributed by atoms with E-state index in [1.807, 2.05) is 0 Å². The zero-order valence-corrected chi connectivity index (χ0v) is 7.96. The van der Waals surface area contributed by atoms with Crippen LogP contribution in [-0.2, 0) is 11.2 Å². The molecule has 0 bridgehead atoms. The number of nitriles is 1. The normalized spacial score (nSPS) is 9.67. The highest BCUT2D eigenvalue weighted by molar-refractivity contribution is 5.80. The van der Waals surface area contributed by atoms with Crippen molar-refractivity contribution in [2.24, 2.45) is 0 Å². The topological polar surface area (TPSA) is 40.9 Å². The van der Waals surface area contributed by atoms with Crippen molar-refractivity contribution in [2.45, 2.75) is 19.3 Å². The van der Waals surface area contributed by atoms with Crippen LogP contribution < -0.4 is 0 Å². The number of halogens is 2. The van der Waals surface area contributed by atoms with Gasteiger partial charge in [-0.1, -0.05) is 6.07 Å². The van der Waals surface area contributed by atoms with Crippen LogP contribution in [0.25, 0.3) is 0 Å². The first-order valence-corrected chi connectivity index (χ1v) is 4.46. The standard InChI is InChI=1S/C11H9F2NO/c12-10-2-1-3-11(13)9(10)5-4-8(15)6-7-14/h1-3H,4-6H2. The monoisotopic (exact) mass is 209 g/mol. The lowest BCUT2D eigenvalue weighted by atomic mass is 10.1. The molecule has 0 atom stereocenters. The maximum atomic E-state index is 13.1. The third-order valence-corrected chi connectivity index (χ3v) is 1.99. The van der Waals surface area contributed by atoms with Crippen LogP contribution in [0.15, 0.2) is 18.2 Å². The first-order valence-electron chi connectivity index (χ1n) is 4.46. The fraction of sp³-hybridized carbons (Fsp3) is 0.273. The summed E-state index contributed by atoms with van der Waals surface area (Å²) in [6.07, 6.45) is -0.222. The molecule has 0 amide bonds. The molecule has 1 rings (SSSR count). The Morgan fingerprint density at radius 1 is 1.33 bits per heavy atom. The van der Waals surface area contributed by atoms with E-state index in [-0.39, 0.29) is 30.6 Å². The summed E-state index contributed by atoms with van der Waals surface area (Å²) in [5.41, 5.74) is -0.0937. The molecule has 15 heavy (non-hydrogen) atoms. The fourth-order valence-electron chi connectivity index (χ4n) is 1.21. The second kappa shape index (κ2) is 5.20. The largest absolute Gasteiger partial charge is 0.299 e. The molecule has 0 fully saturated rings. The summed E-state index contributed by atoms with van der Waals surface area (Å²) in [4.78, 5) is 11.0. The summed E-state index contributed by atoms with van der Waals surface area (Å²) < 4.78 is 26.1. The molecule has 0 radical (unpaired) electrons. The van der Waals surface area contributed by atoms with E-state index in [1.54, 1.807) is 6.07 Å². The van der Waals surface area contributed by atoms with Gasteiger partial charge in [0, 0.05) is 12.0 Å². The third-order valence-electron chi connectivity index (χ3n) is 1.99. The van der Waals surface area contributed by atoms with Gasteiger partial charge in [0.1, 0.15) is 17.4 Å². The Kier molecular flexibility index (Phi) is 3.92. The van der Waals surface area contributed by atoms with E-state index in [4.69, 9.17) is 5.26 Å². The van der Waals surface area contributed by atoms with E-state index >= 15 is 0 Å². The van der Waals surface area contributed by atoms with E-state index in [1.165, 1.54) is 6.07 Å². The number of hydrogen-bond acceptors (Lipinski definition) is 2. The van der Waals surface area contributed by atoms with Crippen LogP contribution in [-0.4, -0.2) is 5.78 Å². The SMILES string of the molecule is N#CCC(=O)CCc1c(F)cccc1F. The Morgan fingerprint density at radius 3 is 2.47 bits per heavy atom. The van der Waals surface area contributed by atoms with Crippen LogP contribution in [0.5, 0.6) is 0 Å². The summed E-state index contributed by atoms with van der Waals surface area (Å²) in [5, 5.41) is 8.22. The Morgan fingerprint density at radius 2 is 1.93 bits per heavy atom. The fourth-order valence-corrected chi connectivity index (χ4v) is 1.21. The second-order valence-electron chi connectivity index (χ2n) is 3.07. The summed E-state index contributed by atoms with van der Waals surface area (Å²) >= 11 is 0. The van der Waals surface area contributed by atoms with Gasteiger partial charge in [-0.3, -0.25) is 4.79 Å². The van der Waals surface area contributed by atoms with Crippen LogP contribution >= 0.6 is 0 Å². The van der Waals surface area contributed by atoms with Crippen molar-refractivity contribution in [3.8, 4) is 6.07 Å². The average molecular weight is 209 g/mol. The molecular weight excluding hydrogens is 200 g/mol. The first kappa shape index (κ1) is 11.3. The molecule has 0 aliphatic rings. The summed E-state index contributed by atoms with van der Waals surface area (Å²) in [5.74, 6) is -1.61. The van der Waals surface area contributed by atoms with Crippen LogP contribution in [0.4, 0.5) is 8.78 Å². The van der Waals surface area contributed by atoms with Gasteiger partial charge in [0.2, 0.25) is 0 Å². The van der Waals surface area contributed by atoms with Crippen molar-refractivity contribution in [1.82, 2.24) is 0 Å². The Balaban J connectivity index is 2.66. The maximum Gasteiger partial charge on any atom is 0.147 e. The molecule has 0 aliphatic carbocycles. The molecule has 1 aromatic carbocycles. The van der Waals surface area contributed by atoms with Crippen LogP contribution in [0.1, 0.15) is 18.4 Å². The van der Waals surface area contributed by atoms with Crippen LogP contribution in [0.2, 0.25) is 0 Å². The van der Waals surface area contributed by atoms with E-state index in [0.717, 1.165) is 12.1 Å².